The van der Waals surface area contributed by atoms with Gasteiger partial charge in [-0.1, -0.05) is 65.0 Å². The van der Waals surface area contributed by atoms with Gasteiger partial charge in [0.2, 0.25) is 11.8 Å². The molecule has 7 nitrogen and oxygen atoms in total. The molecule has 2 spiro atoms. The van der Waals surface area contributed by atoms with Crippen LogP contribution in [0.25, 0.3) is 0 Å². The number of benzene rings is 1. The minimum Gasteiger partial charge on any atom is -0.393 e. The van der Waals surface area contributed by atoms with Crippen LogP contribution in [0.2, 0.25) is 0 Å². The zero-order valence-electron chi connectivity index (χ0n) is 28.3. The van der Waals surface area contributed by atoms with E-state index in [1.165, 1.54) is 18.2 Å². The maximum atomic E-state index is 13.8. The lowest BCUT2D eigenvalue weighted by atomic mass is 9.41. The third kappa shape index (κ3) is 4.05. The Balaban J connectivity index is 1.17. The summed E-state index contributed by atoms with van der Waals surface area (Å²) in [6.07, 6.45) is 8.17. The van der Waals surface area contributed by atoms with Crippen molar-refractivity contribution in [3.63, 3.8) is 0 Å². The van der Waals surface area contributed by atoms with E-state index in [0.717, 1.165) is 44.1 Å². The molecular formula is C38H53N2O5. The number of likely N-dealkylation sites (N-methyl/N-ethyl adjacent to an activating group) is 1. The Morgan fingerprint density at radius 2 is 1.78 bits per heavy atom. The molecule has 1 aromatic carbocycles. The number of hydrogen-bond donors (Lipinski definition) is 3. The molecule has 5 aliphatic carbocycles. The fraction of sp³-hybridized carbons (Fsp3) is 0.711. The first kappa shape index (κ1) is 31.6. The molecule has 7 heteroatoms. The molecule has 0 aromatic heterocycles. The molecule has 10 atom stereocenters. The number of nitrogens with zero attached hydrogens (tertiary/aromatic N) is 1. The zero-order chi connectivity index (χ0) is 32.3. The van der Waals surface area contributed by atoms with Gasteiger partial charge in [-0.2, -0.15) is 0 Å². The second-order valence-electron chi connectivity index (χ2n) is 16.7. The van der Waals surface area contributed by atoms with E-state index in [2.05, 4.69) is 39.9 Å². The molecule has 245 valence electrons. The summed E-state index contributed by atoms with van der Waals surface area (Å²) in [5, 5.41) is 26.5. The van der Waals surface area contributed by atoms with Crippen molar-refractivity contribution in [1.82, 2.24) is 10.2 Å². The van der Waals surface area contributed by atoms with E-state index in [1.54, 1.807) is 13.0 Å². The van der Waals surface area contributed by atoms with Crippen molar-refractivity contribution in [3.05, 3.63) is 54.0 Å². The Hall–Kier alpha value is -1.96. The van der Waals surface area contributed by atoms with Gasteiger partial charge < -0.3 is 25.2 Å². The predicted octanol–water partition coefficient (Wildman–Crippen LogP) is 5.61. The van der Waals surface area contributed by atoms with Crippen LogP contribution in [-0.2, 0) is 20.9 Å². The largest absolute Gasteiger partial charge is 0.393 e. The zero-order valence-corrected chi connectivity index (χ0v) is 28.3. The number of carbonyl (C=O) groups excluding carboxylic acids is 2. The molecular weight excluding hydrogens is 564 g/mol. The summed E-state index contributed by atoms with van der Waals surface area (Å²) in [4.78, 5) is 27.9. The van der Waals surface area contributed by atoms with E-state index in [-0.39, 0.29) is 51.4 Å². The highest BCUT2D eigenvalue weighted by atomic mass is 16.5. The lowest BCUT2D eigenvalue weighted by molar-refractivity contribution is -0.141. The van der Waals surface area contributed by atoms with Crippen molar-refractivity contribution in [2.45, 2.75) is 118 Å². The van der Waals surface area contributed by atoms with Gasteiger partial charge in [-0.25, -0.2) is 0 Å². The molecule has 1 saturated heterocycles. The molecule has 3 radical (unpaired) electrons. The van der Waals surface area contributed by atoms with Crippen molar-refractivity contribution >= 4 is 11.8 Å². The number of rotatable bonds is 5. The summed E-state index contributed by atoms with van der Waals surface area (Å²) in [5.41, 5.74) is 0.680. The van der Waals surface area contributed by atoms with E-state index in [1.807, 2.05) is 30.3 Å². The lowest BCUT2D eigenvalue weighted by Crippen LogP contribution is -2.58. The first-order valence-electron chi connectivity index (χ1n) is 17.3. The van der Waals surface area contributed by atoms with Gasteiger partial charge in [0.15, 0.2) is 0 Å². The topological polar surface area (TPSA) is 99.1 Å². The highest BCUT2D eigenvalue weighted by Crippen LogP contribution is 2.90. The van der Waals surface area contributed by atoms with Gasteiger partial charge in [0.25, 0.3) is 0 Å². The molecule has 7 rings (SSSR count). The Bertz CT molecular complexity index is 1350. The normalized spacial score (nSPS) is 44.4. The Morgan fingerprint density at radius 1 is 1.07 bits per heavy atom. The SMILES string of the molecule is CC(=O)N(C)C([C]1C[C@@H](C)[C@H]2[C](O1)[C@H](O)[C@@]1(C)[C]3CC[C@H]4C(C)(C)C(O)CC[C@@]45C[C@@]35CC[C@]21C)C(=O)NCc1ccccc1. The van der Waals surface area contributed by atoms with Crippen LogP contribution in [-0.4, -0.2) is 52.2 Å². The van der Waals surface area contributed by atoms with Gasteiger partial charge in [-0.05, 0) is 96.3 Å². The van der Waals surface area contributed by atoms with E-state index in [0.29, 0.717) is 31.1 Å². The number of fused-ring (bicyclic) bond motifs is 4. The second-order valence-corrected chi connectivity index (χ2v) is 16.7. The molecule has 0 bridgehead atoms. The number of aliphatic hydroxyl groups excluding tert-OH is 2. The van der Waals surface area contributed by atoms with Crippen molar-refractivity contribution in [1.29, 1.82) is 0 Å². The lowest BCUT2D eigenvalue weighted by Gasteiger charge is -2.63. The number of aliphatic hydroxyl groups is 2. The van der Waals surface area contributed by atoms with E-state index >= 15 is 0 Å². The third-order valence-electron chi connectivity index (χ3n) is 14.8. The number of nitrogens with one attached hydrogen (secondary N) is 1. The summed E-state index contributed by atoms with van der Waals surface area (Å²) in [6, 6.07) is 8.88. The number of carbonyl (C=O) groups is 2. The second kappa shape index (κ2) is 10.3. The molecule has 1 heterocycles. The number of hydrogen-bond acceptors (Lipinski definition) is 5. The van der Waals surface area contributed by atoms with Crippen LogP contribution < -0.4 is 5.32 Å². The first-order valence-corrected chi connectivity index (χ1v) is 17.3. The van der Waals surface area contributed by atoms with Crippen LogP contribution in [0.5, 0.6) is 0 Å². The summed E-state index contributed by atoms with van der Waals surface area (Å²) >= 11 is 0. The average Bonchev–Trinajstić information content (AvgIpc) is 3.63. The van der Waals surface area contributed by atoms with Crippen LogP contribution >= 0.6 is 0 Å². The van der Waals surface area contributed by atoms with Gasteiger partial charge in [-0.3, -0.25) is 9.59 Å². The maximum absolute atomic E-state index is 13.8. The Labute approximate surface area is 269 Å². The number of amides is 2. The van der Waals surface area contributed by atoms with Crippen molar-refractivity contribution < 1.29 is 24.5 Å². The van der Waals surface area contributed by atoms with Crippen molar-refractivity contribution in [2.75, 3.05) is 7.05 Å². The fourth-order valence-electron chi connectivity index (χ4n) is 12.2. The van der Waals surface area contributed by atoms with Gasteiger partial charge >= 0.3 is 0 Å². The smallest absolute Gasteiger partial charge is 0.246 e. The summed E-state index contributed by atoms with van der Waals surface area (Å²) < 4.78 is 6.78. The molecule has 3 N–H and O–H groups in total. The van der Waals surface area contributed by atoms with E-state index < -0.39 is 17.6 Å². The highest BCUT2D eigenvalue weighted by Gasteiger charge is 2.85. The van der Waals surface area contributed by atoms with Crippen LogP contribution in [0, 0.1) is 63.0 Å². The van der Waals surface area contributed by atoms with Gasteiger partial charge in [0.05, 0.1) is 12.2 Å². The molecule has 6 fully saturated rings. The van der Waals surface area contributed by atoms with E-state index in [4.69, 9.17) is 4.74 Å². The van der Waals surface area contributed by atoms with Gasteiger partial charge in [0.1, 0.15) is 18.2 Å². The minimum absolute atomic E-state index is 0.0683. The van der Waals surface area contributed by atoms with Crippen LogP contribution in [0.4, 0.5) is 0 Å². The molecule has 1 aromatic rings. The van der Waals surface area contributed by atoms with Crippen LogP contribution in [0.3, 0.4) is 0 Å². The predicted molar refractivity (Wildman–Crippen MR) is 171 cm³/mol. The Kier molecular flexibility index (Phi) is 7.22. The fourth-order valence-corrected chi connectivity index (χ4v) is 12.2. The maximum Gasteiger partial charge on any atom is 0.246 e. The molecule has 2 unspecified atom stereocenters. The monoisotopic (exact) mass is 617 g/mol. The summed E-state index contributed by atoms with van der Waals surface area (Å²) in [6.45, 7) is 13.3. The van der Waals surface area contributed by atoms with Crippen molar-refractivity contribution in [3.8, 4) is 0 Å². The molecule has 6 aliphatic rings. The summed E-state index contributed by atoms with van der Waals surface area (Å²) in [5.74, 6) is 1.80. The minimum atomic E-state index is -0.880. The summed E-state index contributed by atoms with van der Waals surface area (Å²) in [7, 11) is 1.66. The van der Waals surface area contributed by atoms with Gasteiger partial charge in [0, 0.05) is 31.8 Å². The molecule has 45 heavy (non-hydrogen) atoms. The van der Waals surface area contributed by atoms with Crippen molar-refractivity contribution in [2.24, 2.45) is 44.8 Å². The molecule has 1 aliphatic heterocycles. The Morgan fingerprint density at radius 3 is 2.47 bits per heavy atom. The quantitative estimate of drug-likeness (QED) is 0.399. The standard InChI is InChI=1S/C38H53N2O5/c1-22-19-25(30(40(7)23(2)41)33(44)39-20-24-11-9-8-10-12-24)45-31-29(22)35(5)17-18-38-21-37(38)16-15-28(42)34(3,4)26(37)13-14-27(38)36(35,6)32(31)43/h8-12,22,26,28-30,32,42-43H,13-21H2,1-7H3,(H,39,44)/t22-,26+,28?,29+,30?,32+,35-,36-,37-,38+/m1/s1. The van der Waals surface area contributed by atoms with E-state index in [9.17, 15) is 19.8 Å². The van der Waals surface area contributed by atoms with Crippen LogP contribution in [0.1, 0.15) is 98.5 Å². The first-order chi connectivity index (χ1) is 21.2. The molecule has 2 amide bonds. The van der Waals surface area contributed by atoms with Crippen LogP contribution in [0.15, 0.2) is 30.3 Å². The molecule has 5 saturated carbocycles. The number of ether oxygens (including phenoxy) is 1. The third-order valence-corrected chi connectivity index (χ3v) is 14.8. The highest BCUT2D eigenvalue weighted by molar-refractivity contribution is 5.88. The average molecular weight is 618 g/mol. The van der Waals surface area contributed by atoms with Gasteiger partial charge in [-0.15, -0.1) is 0 Å².